The molecular weight excluding hydrogens is 346 g/mol. The summed E-state index contributed by atoms with van der Waals surface area (Å²) in [6.07, 6.45) is 4.30. The summed E-state index contributed by atoms with van der Waals surface area (Å²) >= 11 is 0. The number of benzene rings is 2. The van der Waals surface area contributed by atoms with E-state index in [4.69, 9.17) is 9.73 Å². The SMILES string of the molecule is COc1ccc(N=C2CCC(C)N2Cc2c[nH]c3ccccc23)cc1.Cl. The van der Waals surface area contributed by atoms with Crippen molar-refractivity contribution in [2.24, 2.45) is 4.99 Å². The van der Waals surface area contributed by atoms with Crippen molar-refractivity contribution < 1.29 is 4.74 Å². The molecule has 0 bridgehead atoms. The van der Waals surface area contributed by atoms with Gasteiger partial charge in [0, 0.05) is 36.1 Å². The molecule has 136 valence electrons. The molecule has 3 aromatic rings. The largest absolute Gasteiger partial charge is 0.497 e. The molecule has 1 atom stereocenters. The Morgan fingerprint density at radius 2 is 1.92 bits per heavy atom. The van der Waals surface area contributed by atoms with Crippen molar-refractivity contribution in [2.45, 2.75) is 32.4 Å². The zero-order valence-corrected chi connectivity index (χ0v) is 15.9. The molecule has 1 N–H and O–H groups in total. The van der Waals surface area contributed by atoms with E-state index in [2.05, 4.69) is 47.3 Å². The molecule has 1 aromatic heterocycles. The van der Waals surface area contributed by atoms with Crippen molar-refractivity contribution in [1.82, 2.24) is 9.88 Å². The molecule has 1 saturated heterocycles. The second-order valence-electron chi connectivity index (χ2n) is 6.60. The number of likely N-dealkylation sites (tertiary alicyclic amines) is 1. The van der Waals surface area contributed by atoms with Crippen LogP contribution in [0.2, 0.25) is 0 Å². The first-order valence-electron chi connectivity index (χ1n) is 8.78. The highest BCUT2D eigenvalue weighted by molar-refractivity contribution is 5.88. The Labute approximate surface area is 160 Å². The predicted molar refractivity (Wildman–Crippen MR) is 110 cm³/mol. The molecule has 2 heterocycles. The van der Waals surface area contributed by atoms with Crippen molar-refractivity contribution in [2.75, 3.05) is 7.11 Å². The summed E-state index contributed by atoms with van der Waals surface area (Å²) in [4.78, 5) is 10.7. The van der Waals surface area contributed by atoms with Gasteiger partial charge < -0.3 is 14.6 Å². The molecule has 1 fully saturated rings. The molecule has 4 rings (SSSR count). The van der Waals surface area contributed by atoms with Gasteiger partial charge in [0.15, 0.2) is 0 Å². The number of aromatic nitrogens is 1. The number of rotatable bonds is 4. The Morgan fingerprint density at radius 1 is 1.15 bits per heavy atom. The lowest BCUT2D eigenvalue weighted by Crippen LogP contribution is -2.30. The number of hydrogen-bond donors (Lipinski definition) is 1. The number of fused-ring (bicyclic) bond motifs is 1. The monoisotopic (exact) mass is 369 g/mol. The van der Waals surface area contributed by atoms with Crippen molar-refractivity contribution in [3.8, 4) is 5.75 Å². The van der Waals surface area contributed by atoms with E-state index in [0.29, 0.717) is 6.04 Å². The van der Waals surface area contributed by atoms with E-state index in [0.717, 1.165) is 30.8 Å². The van der Waals surface area contributed by atoms with Gasteiger partial charge in [-0.25, -0.2) is 4.99 Å². The molecule has 0 radical (unpaired) electrons. The number of para-hydroxylation sites is 1. The molecule has 2 aromatic carbocycles. The second-order valence-corrected chi connectivity index (χ2v) is 6.60. The van der Waals surface area contributed by atoms with Gasteiger partial charge in [0.05, 0.1) is 12.8 Å². The zero-order chi connectivity index (χ0) is 17.2. The summed E-state index contributed by atoms with van der Waals surface area (Å²) in [6, 6.07) is 16.9. The lowest BCUT2D eigenvalue weighted by atomic mass is 10.1. The fourth-order valence-electron chi connectivity index (χ4n) is 3.51. The van der Waals surface area contributed by atoms with Crippen molar-refractivity contribution in [3.63, 3.8) is 0 Å². The number of H-pyrrole nitrogens is 1. The molecule has 5 heteroatoms. The van der Waals surface area contributed by atoms with Crippen LogP contribution in [-0.4, -0.2) is 28.9 Å². The van der Waals surface area contributed by atoms with Crippen molar-refractivity contribution in [3.05, 3.63) is 60.3 Å². The number of hydrogen-bond acceptors (Lipinski definition) is 2. The Morgan fingerprint density at radius 3 is 2.69 bits per heavy atom. The van der Waals surface area contributed by atoms with E-state index in [-0.39, 0.29) is 12.4 Å². The Kier molecular flexibility index (Phi) is 5.52. The van der Waals surface area contributed by atoms with Crippen LogP contribution in [0.15, 0.2) is 59.7 Å². The van der Waals surface area contributed by atoms with Crippen LogP contribution in [0.5, 0.6) is 5.75 Å². The molecule has 1 aliphatic rings. The standard InChI is InChI=1S/C21H23N3O.ClH/c1-15-7-12-21(23-17-8-10-18(25-2)11-9-17)24(15)14-16-13-22-20-6-4-3-5-19(16)20;/h3-6,8-11,13,15,22H,7,12,14H2,1-2H3;1H. The Hall–Kier alpha value is -2.46. The summed E-state index contributed by atoms with van der Waals surface area (Å²) in [7, 11) is 1.68. The van der Waals surface area contributed by atoms with Crippen LogP contribution in [0, 0.1) is 0 Å². The highest BCUT2D eigenvalue weighted by Crippen LogP contribution is 2.28. The highest BCUT2D eigenvalue weighted by atomic mass is 35.5. The van der Waals surface area contributed by atoms with Gasteiger partial charge in [-0.05, 0) is 49.2 Å². The second kappa shape index (κ2) is 7.83. The number of nitrogens with one attached hydrogen (secondary N) is 1. The molecule has 0 aliphatic carbocycles. The van der Waals surface area contributed by atoms with Gasteiger partial charge in [-0.15, -0.1) is 12.4 Å². The minimum atomic E-state index is 0. The molecule has 26 heavy (non-hydrogen) atoms. The summed E-state index contributed by atoms with van der Waals surface area (Å²) in [5, 5.41) is 1.30. The Bertz CT molecular complexity index is 901. The van der Waals surface area contributed by atoms with Crippen molar-refractivity contribution >= 4 is 34.8 Å². The van der Waals surface area contributed by atoms with Gasteiger partial charge in [-0.3, -0.25) is 0 Å². The number of aromatic amines is 1. The van der Waals surface area contributed by atoms with E-state index in [1.807, 2.05) is 24.3 Å². The third kappa shape index (κ3) is 3.56. The third-order valence-electron chi connectivity index (χ3n) is 5.00. The number of methoxy groups -OCH3 is 1. The molecule has 4 nitrogen and oxygen atoms in total. The van der Waals surface area contributed by atoms with Crippen molar-refractivity contribution in [1.29, 1.82) is 0 Å². The average Bonchev–Trinajstić information content (AvgIpc) is 3.21. The van der Waals surface area contributed by atoms with Gasteiger partial charge in [-0.2, -0.15) is 0 Å². The molecule has 1 aliphatic heterocycles. The van der Waals surface area contributed by atoms with Crippen LogP contribution >= 0.6 is 12.4 Å². The first-order chi connectivity index (χ1) is 12.2. The summed E-state index contributed by atoms with van der Waals surface area (Å²) in [5.41, 5.74) is 3.50. The maximum absolute atomic E-state index is 5.23. The predicted octanol–water partition coefficient (Wildman–Crippen LogP) is 5.31. The van der Waals surface area contributed by atoms with E-state index in [1.165, 1.54) is 22.3 Å². The highest BCUT2D eigenvalue weighted by Gasteiger charge is 2.26. The van der Waals surface area contributed by atoms with Gasteiger partial charge in [-0.1, -0.05) is 18.2 Å². The third-order valence-corrected chi connectivity index (χ3v) is 5.00. The molecule has 0 saturated carbocycles. The lowest BCUT2D eigenvalue weighted by molar-refractivity contribution is 0.351. The van der Waals surface area contributed by atoms with E-state index in [1.54, 1.807) is 7.11 Å². The smallest absolute Gasteiger partial charge is 0.119 e. The minimum absolute atomic E-state index is 0. The molecule has 0 spiro atoms. The fourth-order valence-corrected chi connectivity index (χ4v) is 3.51. The number of ether oxygens (including phenoxy) is 1. The van der Waals surface area contributed by atoms with Crippen LogP contribution in [0.25, 0.3) is 10.9 Å². The summed E-state index contributed by atoms with van der Waals surface area (Å²) < 4.78 is 5.23. The Balaban J connectivity index is 0.00000196. The van der Waals surface area contributed by atoms with E-state index in [9.17, 15) is 0 Å². The normalized spacial score (nSPS) is 18.3. The van der Waals surface area contributed by atoms with Crippen LogP contribution in [0.4, 0.5) is 5.69 Å². The summed E-state index contributed by atoms with van der Waals surface area (Å²) in [5.74, 6) is 2.03. The van der Waals surface area contributed by atoms with Crippen LogP contribution < -0.4 is 4.74 Å². The lowest BCUT2D eigenvalue weighted by Gasteiger charge is -2.24. The topological polar surface area (TPSA) is 40.6 Å². The van der Waals surface area contributed by atoms with Crippen LogP contribution in [0.3, 0.4) is 0 Å². The van der Waals surface area contributed by atoms with E-state index < -0.39 is 0 Å². The van der Waals surface area contributed by atoms with Crippen LogP contribution in [0.1, 0.15) is 25.3 Å². The molecule has 0 amide bonds. The number of halogens is 1. The molecule has 1 unspecified atom stereocenters. The quantitative estimate of drug-likeness (QED) is 0.676. The molecular formula is C21H24ClN3O. The van der Waals surface area contributed by atoms with Gasteiger partial charge >= 0.3 is 0 Å². The first kappa shape index (κ1) is 18.3. The minimum Gasteiger partial charge on any atom is -0.497 e. The van der Waals surface area contributed by atoms with Crippen LogP contribution in [-0.2, 0) is 6.54 Å². The zero-order valence-electron chi connectivity index (χ0n) is 15.1. The maximum Gasteiger partial charge on any atom is 0.119 e. The van der Waals surface area contributed by atoms with E-state index >= 15 is 0 Å². The fraction of sp³-hybridized carbons (Fsp3) is 0.286. The first-order valence-corrected chi connectivity index (χ1v) is 8.78. The van der Waals surface area contributed by atoms with Gasteiger partial charge in [0.1, 0.15) is 11.6 Å². The number of nitrogens with zero attached hydrogens (tertiary/aromatic N) is 2. The van der Waals surface area contributed by atoms with Gasteiger partial charge in [0.2, 0.25) is 0 Å². The number of amidine groups is 1. The number of aliphatic imine (C=N–C) groups is 1. The summed E-state index contributed by atoms with van der Waals surface area (Å²) in [6.45, 7) is 3.17. The van der Waals surface area contributed by atoms with Gasteiger partial charge in [0.25, 0.3) is 0 Å². The average molecular weight is 370 g/mol. The maximum atomic E-state index is 5.23.